The zero-order chi connectivity index (χ0) is 19.2. The molecule has 1 aromatic heterocycles. The van der Waals surface area contributed by atoms with Crippen LogP contribution in [0.3, 0.4) is 0 Å². The number of anilines is 2. The van der Waals surface area contributed by atoms with E-state index in [-0.39, 0.29) is 17.2 Å². The molecule has 2 aromatic carbocycles. The van der Waals surface area contributed by atoms with E-state index in [9.17, 15) is 13.6 Å². The van der Waals surface area contributed by atoms with Crippen LogP contribution in [-0.4, -0.2) is 22.4 Å². The average molecular weight is 389 g/mol. The normalized spacial score (nSPS) is 10.5. The van der Waals surface area contributed by atoms with E-state index in [2.05, 4.69) is 20.6 Å². The van der Waals surface area contributed by atoms with E-state index in [1.165, 1.54) is 12.1 Å². The van der Waals surface area contributed by atoms with Crippen molar-refractivity contribution in [2.45, 2.75) is 6.42 Å². The quantitative estimate of drug-likeness (QED) is 0.666. The van der Waals surface area contributed by atoms with Gasteiger partial charge in [0.2, 0.25) is 0 Å². The van der Waals surface area contributed by atoms with Gasteiger partial charge in [-0.1, -0.05) is 29.8 Å². The van der Waals surface area contributed by atoms with Gasteiger partial charge >= 0.3 is 0 Å². The largest absolute Gasteiger partial charge is 0.350 e. The topological polar surface area (TPSA) is 66.9 Å². The van der Waals surface area contributed by atoms with Crippen molar-refractivity contribution >= 4 is 29.0 Å². The number of nitrogens with zero attached hydrogens (tertiary/aromatic N) is 2. The molecule has 3 aromatic rings. The summed E-state index contributed by atoms with van der Waals surface area (Å²) in [6, 6.07) is 12.2. The molecule has 0 saturated heterocycles. The Morgan fingerprint density at radius 3 is 2.52 bits per heavy atom. The molecular formula is C19H15ClF2N4O. The highest BCUT2D eigenvalue weighted by atomic mass is 35.5. The van der Waals surface area contributed by atoms with Crippen LogP contribution in [0.1, 0.15) is 16.1 Å². The summed E-state index contributed by atoms with van der Waals surface area (Å²) in [4.78, 5) is 20.0. The molecule has 0 saturated carbocycles. The van der Waals surface area contributed by atoms with E-state index < -0.39 is 17.5 Å². The van der Waals surface area contributed by atoms with Crippen molar-refractivity contribution in [3.05, 3.63) is 82.8 Å². The van der Waals surface area contributed by atoms with Gasteiger partial charge < -0.3 is 10.6 Å². The number of rotatable bonds is 6. The monoisotopic (exact) mass is 388 g/mol. The first kappa shape index (κ1) is 18.7. The van der Waals surface area contributed by atoms with Crippen LogP contribution in [0.5, 0.6) is 0 Å². The zero-order valence-electron chi connectivity index (χ0n) is 14.0. The minimum absolute atomic E-state index is 0.0790. The number of benzene rings is 2. The number of nitrogens with one attached hydrogen (secondary N) is 2. The van der Waals surface area contributed by atoms with Crippen LogP contribution in [0.25, 0.3) is 0 Å². The Morgan fingerprint density at radius 2 is 1.78 bits per heavy atom. The fraction of sp³-hybridized carbons (Fsp3) is 0.105. The number of hydrogen-bond donors (Lipinski definition) is 2. The predicted octanol–water partition coefficient (Wildman–Crippen LogP) is 4.12. The van der Waals surface area contributed by atoms with Gasteiger partial charge in [0.05, 0.1) is 0 Å². The van der Waals surface area contributed by atoms with Crippen molar-refractivity contribution in [3.8, 4) is 0 Å². The van der Waals surface area contributed by atoms with Crippen molar-refractivity contribution in [1.82, 2.24) is 15.3 Å². The number of halogens is 3. The molecule has 2 N–H and O–H groups in total. The Morgan fingerprint density at radius 1 is 1.04 bits per heavy atom. The lowest BCUT2D eigenvalue weighted by molar-refractivity contribution is 0.0949. The molecule has 1 heterocycles. The van der Waals surface area contributed by atoms with Crippen LogP contribution in [-0.2, 0) is 6.42 Å². The van der Waals surface area contributed by atoms with Gasteiger partial charge in [-0.15, -0.1) is 0 Å². The first-order valence-electron chi connectivity index (χ1n) is 8.08. The van der Waals surface area contributed by atoms with Crippen molar-refractivity contribution in [2.24, 2.45) is 0 Å². The molecule has 27 heavy (non-hydrogen) atoms. The minimum Gasteiger partial charge on any atom is -0.350 e. The van der Waals surface area contributed by atoms with Crippen molar-refractivity contribution in [3.63, 3.8) is 0 Å². The van der Waals surface area contributed by atoms with E-state index in [1.54, 1.807) is 6.07 Å². The molecule has 8 heteroatoms. The number of carbonyl (C=O) groups is 1. The Labute approximate surface area is 159 Å². The summed E-state index contributed by atoms with van der Waals surface area (Å²) in [5, 5.41) is 5.89. The summed E-state index contributed by atoms with van der Waals surface area (Å²) in [5.74, 6) is -1.84. The molecule has 0 radical (unpaired) electrons. The molecule has 0 unspecified atom stereocenters. The van der Waals surface area contributed by atoms with Crippen molar-refractivity contribution < 1.29 is 13.6 Å². The van der Waals surface area contributed by atoms with Crippen LogP contribution in [0.15, 0.2) is 54.9 Å². The van der Waals surface area contributed by atoms with Gasteiger partial charge in [0, 0.05) is 17.6 Å². The van der Waals surface area contributed by atoms with Gasteiger partial charge in [0.25, 0.3) is 5.91 Å². The van der Waals surface area contributed by atoms with Crippen LogP contribution in [0.4, 0.5) is 20.3 Å². The van der Waals surface area contributed by atoms with Gasteiger partial charge in [-0.3, -0.25) is 4.79 Å². The lowest BCUT2D eigenvalue weighted by atomic mass is 10.1. The summed E-state index contributed by atoms with van der Waals surface area (Å²) in [5.41, 5.74) is 0.724. The Balaban J connectivity index is 1.63. The number of carbonyl (C=O) groups excluding carboxylic acids is 1. The average Bonchev–Trinajstić information content (AvgIpc) is 2.65. The molecule has 0 fully saturated rings. The van der Waals surface area contributed by atoms with E-state index in [1.807, 2.05) is 18.2 Å². The van der Waals surface area contributed by atoms with E-state index in [0.29, 0.717) is 18.0 Å². The smallest absolute Gasteiger partial charge is 0.270 e. The maximum atomic E-state index is 13.7. The van der Waals surface area contributed by atoms with Crippen molar-refractivity contribution in [1.29, 1.82) is 0 Å². The Bertz CT molecular complexity index is 948. The molecular weight excluding hydrogens is 374 g/mol. The van der Waals surface area contributed by atoms with Gasteiger partial charge in [-0.25, -0.2) is 18.7 Å². The number of amides is 1. The first-order valence-corrected chi connectivity index (χ1v) is 8.46. The number of hydrogen-bond acceptors (Lipinski definition) is 4. The molecule has 3 rings (SSSR count). The minimum atomic E-state index is -0.763. The first-order chi connectivity index (χ1) is 13.0. The second kappa shape index (κ2) is 8.55. The summed E-state index contributed by atoms with van der Waals surface area (Å²) < 4.78 is 27.4. The second-order valence-electron chi connectivity index (χ2n) is 5.65. The highest BCUT2D eigenvalue weighted by Crippen LogP contribution is 2.22. The molecule has 0 aliphatic heterocycles. The molecule has 0 atom stereocenters. The van der Waals surface area contributed by atoms with Crippen LogP contribution < -0.4 is 10.6 Å². The molecule has 0 bridgehead atoms. The fourth-order valence-corrected chi connectivity index (χ4v) is 2.61. The van der Waals surface area contributed by atoms with Crippen molar-refractivity contribution in [2.75, 3.05) is 11.9 Å². The van der Waals surface area contributed by atoms with Gasteiger partial charge in [0.15, 0.2) is 0 Å². The predicted molar refractivity (Wildman–Crippen MR) is 99.2 cm³/mol. The lowest BCUT2D eigenvalue weighted by Gasteiger charge is -2.09. The molecule has 138 valence electrons. The van der Waals surface area contributed by atoms with E-state index in [4.69, 9.17) is 11.6 Å². The summed E-state index contributed by atoms with van der Waals surface area (Å²) in [7, 11) is 0. The van der Waals surface area contributed by atoms with Gasteiger partial charge in [-0.05, 0) is 36.2 Å². The molecule has 0 aliphatic carbocycles. The lowest BCUT2D eigenvalue weighted by Crippen LogP contribution is -2.26. The summed E-state index contributed by atoms with van der Waals surface area (Å²) >= 11 is 5.92. The van der Waals surface area contributed by atoms with Crippen LogP contribution in [0, 0.1) is 11.6 Å². The maximum absolute atomic E-state index is 13.7. The summed E-state index contributed by atoms with van der Waals surface area (Å²) in [6.07, 6.45) is 1.75. The molecule has 0 spiro atoms. The standard InChI is InChI=1S/C19H15ClF2N4O/c20-13-4-1-3-12(9-13)7-8-23-19(27)16-10-17(25-11-24-16)26-18-14(21)5-2-6-15(18)22/h1-6,9-11H,7-8H2,(H,23,27)(H,24,25,26). The maximum Gasteiger partial charge on any atom is 0.270 e. The zero-order valence-corrected chi connectivity index (χ0v) is 14.8. The Hall–Kier alpha value is -3.06. The molecule has 1 amide bonds. The fourth-order valence-electron chi connectivity index (χ4n) is 2.40. The van der Waals surface area contributed by atoms with Gasteiger partial charge in [-0.2, -0.15) is 0 Å². The highest BCUT2D eigenvalue weighted by molar-refractivity contribution is 6.30. The molecule has 5 nitrogen and oxygen atoms in total. The van der Waals surface area contributed by atoms with Crippen LogP contribution >= 0.6 is 11.6 Å². The van der Waals surface area contributed by atoms with Crippen LogP contribution in [0.2, 0.25) is 5.02 Å². The Kier molecular flexibility index (Phi) is 5.93. The third-order valence-corrected chi connectivity index (χ3v) is 3.94. The summed E-state index contributed by atoms with van der Waals surface area (Å²) in [6.45, 7) is 0.383. The third-order valence-electron chi connectivity index (χ3n) is 3.70. The van der Waals surface area contributed by atoms with Gasteiger partial charge in [0.1, 0.15) is 35.2 Å². The molecule has 0 aliphatic rings. The third kappa shape index (κ3) is 4.98. The second-order valence-corrected chi connectivity index (χ2v) is 6.08. The highest BCUT2D eigenvalue weighted by Gasteiger charge is 2.12. The number of aromatic nitrogens is 2. The van der Waals surface area contributed by atoms with E-state index in [0.717, 1.165) is 24.0 Å². The SMILES string of the molecule is O=C(NCCc1cccc(Cl)c1)c1cc(Nc2c(F)cccc2F)ncn1. The van der Waals surface area contributed by atoms with E-state index >= 15 is 0 Å². The number of para-hydroxylation sites is 1.